The van der Waals surface area contributed by atoms with Crippen molar-refractivity contribution >= 4 is 29.1 Å². The Hall–Kier alpha value is -1.55. The third-order valence-corrected chi connectivity index (χ3v) is 5.31. The van der Waals surface area contributed by atoms with Crippen molar-refractivity contribution in [3.8, 4) is 0 Å². The monoisotopic (exact) mass is 376 g/mol. The Balaban J connectivity index is 1.72. The fourth-order valence-electron chi connectivity index (χ4n) is 3.46. The molecular weight excluding hydrogens is 355 g/mol. The van der Waals surface area contributed by atoms with E-state index in [-0.39, 0.29) is 18.0 Å². The maximum absolute atomic E-state index is 12.9. The van der Waals surface area contributed by atoms with Crippen molar-refractivity contribution in [1.82, 2.24) is 9.80 Å². The summed E-state index contributed by atoms with van der Waals surface area (Å²) in [6, 6.07) is 16.0. The molecule has 2 aromatic carbocycles. The number of benzene rings is 2. The highest BCUT2D eigenvalue weighted by molar-refractivity contribution is 6.36. The number of hydrogen-bond acceptors (Lipinski definition) is 2. The maximum atomic E-state index is 12.9. The van der Waals surface area contributed by atoms with Gasteiger partial charge in [0.15, 0.2) is 0 Å². The fourth-order valence-corrected chi connectivity index (χ4v) is 3.95. The second-order valence-corrected chi connectivity index (χ2v) is 7.53. The first kappa shape index (κ1) is 18.2. The maximum Gasteiger partial charge on any atom is 0.255 e. The third kappa shape index (κ3) is 4.17. The van der Waals surface area contributed by atoms with E-state index in [4.69, 9.17) is 23.2 Å². The van der Waals surface area contributed by atoms with Gasteiger partial charge < -0.3 is 4.90 Å². The Morgan fingerprint density at radius 3 is 2.28 bits per heavy atom. The molecule has 0 N–H and O–H groups in total. The summed E-state index contributed by atoms with van der Waals surface area (Å²) >= 11 is 12.1. The van der Waals surface area contributed by atoms with Crippen LogP contribution in [0.1, 0.15) is 29.8 Å². The van der Waals surface area contributed by atoms with Gasteiger partial charge in [-0.15, -0.1) is 0 Å². The molecule has 1 amide bonds. The molecule has 1 fully saturated rings. The number of carbonyl (C=O) groups excluding carboxylic acids is 1. The van der Waals surface area contributed by atoms with Crippen molar-refractivity contribution < 1.29 is 4.79 Å². The number of rotatable bonds is 3. The van der Waals surface area contributed by atoms with Gasteiger partial charge in [0, 0.05) is 36.7 Å². The molecule has 0 aliphatic carbocycles. The van der Waals surface area contributed by atoms with Gasteiger partial charge in [-0.05, 0) is 37.6 Å². The molecule has 2 unspecified atom stereocenters. The van der Waals surface area contributed by atoms with Crippen molar-refractivity contribution in [3.63, 3.8) is 0 Å². The quantitative estimate of drug-likeness (QED) is 0.772. The van der Waals surface area contributed by atoms with Crippen LogP contribution in [0.2, 0.25) is 10.0 Å². The molecule has 0 radical (unpaired) electrons. The van der Waals surface area contributed by atoms with Gasteiger partial charge in [-0.1, -0.05) is 53.5 Å². The summed E-state index contributed by atoms with van der Waals surface area (Å²) in [6.07, 6.45) is 0. The van der Waals surface area contributed by atoms with Crippen LogP contribution in [0.4, 0.5) is 0 Å². The fraction of sp³-hybridized carbons (Fsp3) is 0.350. The zero-order valence-corrected chi connectivity index (χ0v) is 16.0. The number of halogens is 2. The molecule has 0 spiro atoms. The molecule has 3 nitrogen and oxygen atoms in total. The second-order valence-electron chi connectivity index (χ2n) is 6.69. The van der Waals surface area contributed by atoms with E-state index in [9.17, 15) is 4.79 Å². The van der Waals surface area contributed by atoms with Gasteiger partial charge in [-0.2, -0.15) is 0 Å². The van der Waals surface area contributed by atoms with Crippen LogP contribution in [0, 0.1) is 0 Å². The van der Waals surface area contributed by atoms with Crippen molar-refractivity contribution in [1.29, 1.82) is 0 Å². The molecule has 2 aromatic rings. The molecule has 1 aliphatic heterocycles. The summed E-state index contributed by atoms with van der Waals surface area (Å²) in [5.41, 5.74) is 1.81. The summed E-state index contributed by atoms with van der Waals surface area (Å²) in [4.78, 5) is 17.2. The van der Waals surface area contributed by atoms with Crippen LogP contribution < -0.4 is 0 Å². The molecule has 132 valence electrons. The van der Waals surface area contributed by atoms with E-state index in [1.54, 1.807) is 18.2 Å². The summed E-state index contributed by atoms with van der Waals surface area (Å²) < 4.78 is 0. The van der Waals surface area contributed by atoms with Gasteiger partial charge in [0.25, 0.3) is 5.91 Å². The Labute approximate surface area is 159 Å². The molecule has 1 aliphatic rings. The highest BCUT2D eigenvalue weighted by Gasteiger charge is 2.32. The van der Waals surface area contributed by atoms with Crippen LogP contribution in [0.15, 0.2) is 48.5 Å². The van der Waals surface area contributed by atoms with Crippen LogP contribution in [0.5, 0.6) is 0 Å². The molecule has 0 aromatic heterocycles. The molecule has 1 heterocycles. The zero-order chi connectivity index (χ0) is 18.0. The van der Waals surface area contributed by atoms with Gasteiger partial charge in [0.2, 0.25) is 0 Å². The van der Waals surface area contributed by atoms with E-state index in [0.29, 0.717) is 28.7 Å². The van der Waals surface area contributed by atoms with Gasteiger partial charge >= 0.3 is 0 Å². The Morgan fingerprint density at radius 1 is 1.04 bits per heavy atom. The van der Waals surface area contributed by atoms with Gasteiger partial charge in [-0.25, -0.2) is 0 Å². The van der Waals surface area contributed by atoms with Crippen molar-refractivity contribution in [3.05, 3.63) is 69.7 Å². The molecular formula is C20H22Cl2N2O. The topological polar surface area (TPSA) is 23.6 Å². The van der Waals surface area contributed by atoms with Crippen molar-refractivity contribution in [2.24, 2.45) is 0 Å². The first-order valence-corrected chi connectivity index (χ1v) is 9.25. The lowest BCUT2D eigenvalue weighted by Crippen LogP contribution is -2.57. The highest BCUT2D eigenvalue weighted by Crippen LogP contribution is 2.25. The van der Waals surface area contributed by atoms with Crippen LogP contribution in [0.3, 0.4) is 0 Å². The lowest BCUT2D eigenvalue weighted by atomic mass is 10.0. The molecule has 1 saturated heterocycles. The van der Waals surface area contributed by atoms with E-state index < -0.39 is 0 Å². The minimum atomic E-state index is -0.0280. The predicted molar refractivity (Wildman–Crippen MR) is 103 cm³/mol. The standard InChI is InChI=1S/C20H22Cl2N2O/c1-14-11-23(20(25)18-9-8-17(21)10-19(18)22)12-15(2)24(14)13-16-6-4-3-5-7-16/h3-10,14-15H,11-13H2,1-2H3. The predicted octanol–water partition coefficient (Wildman–Crippen LogP) is 4.73. The molecule has 5 heteroatoms. The van der Waals surface area contributed by atoms with E-state index in [1.807, 2.05) is 11.0 Å². The van der Waals surface area contributed by atoms with Gasteiger partial charge in [-0.3, -0.25) is 9.69 Å². The average molecular weight is 377 g/mol. The number of piperazine rings is 1. The molecule has 2 atom stereocenters. The van der Waals surface area contributed by atoms with Crippen molar-refractivity contribution in [2.45, 2.75) is 32.5 Å². The smallest absolute Gasteiger partial charge is 0.255 e. The minimum absolute atomic E-state index is 0.0280. The summed E-state index contributed by atoms with van der Waals surface area (Å²) in [7, 11) is 0. The lowest BCUT2D eigenvalue weighted by Gasteiger charge is -2.44. The SMILES string of the molecule is CC1CN(C(=O)c2ccc(Cl)cc2Cl)CC(C)N1Cc1ccccc1. The van der Waals surface area contributed by atoms with E-state index in [2.05, 4.69) is 43.0 Å². The number of carbonyl (C=O) groups is 1. The van der Waals surface area contributed by atoms with Crippen LogP contribution in [-0.4, -0.2) is 40.9 Å². The number of nitrogens with zero attached hydrogens (tertiary/aromatic N) is 2. The zero-order valence-electron chi connectivity index (χ0n) is 14.5. The van der Waals surface area contributed by atoms with E-state index >= 15 is 0 Å². The Kier molecular flexibility index (Phi) is 5.67. The van der Waals surface area contributed by atoms with E-state index in [1.165, 1.54) is 5.56 Å². The summed E-state index contributed by atoms with van der Waals surface area (Å²) in [5.74, 6) is -0.0280. The third-order valence-electron chi connectivity index (χ3n) is 4.76. The van der Waals surface area contributed by atoms with Crippen LogP contribution in [-0.2, 0) is 6.54 Å². The lowest BCUT2D eigenvalue weighted by molar-refractivity contribution is 0.0270. The molecule has 0 saturated carbocycles. The second kappa shape index (κ2) is 7.77. The Bertz CT molecular complexity index is 739. The molecule has 0 bridgehead atoms. The normalized spacial score (nSPS) is 21.4. The highest BCUT2D eigenvalue weighted by atomic mass is 35.5. The number of amides is 1. The Morgan fingerprint density at radius 2 is 1.68 bits per heavy atom. The molecule has 3 rings (SSSR count). The van der Waals surface area contributed by atoms with Crippen LogP contribution in [0.25, 0.3) is 0 Å². The summed E-state index contributed by atoms with van der Waals surface area (Å²) in [5, 5.41) is 0.945. The first-order valence-electron chi connectivity index (χ1n) is 8.49. The average Bonchev–Trinajstić information content (AvgIpc) is 2.58. The summed E-state index contributed by atoms with van der Waals surface area (Å²) in [6.45, 7) is 6.61. The van der Waals surface area contributed by atoms with Gasteiger partial charge in [0.1, 0.15) is 0 Å². The minimum Gasteiger partial charge on any atom is -0.335 e. The van der Waals surface area contributed by atoms with Gasteiger partial charge in [0.05, 0.1) is 10.6 Å². The number of hydrogen-bond donors (Lipinski definition) is 0. The largest absolute Gasteiger partial charge is 0.335 e. The van der Waals surface area contributed by atoms with Crippen LogP contribution >= 0.6 is 23.2 Å². The molecule has 25 heavy (non-hydrogen) atoms. The van der Waals surface area contributed by atoms with E-state index in [0.717, 1.165) is 6.54 Å². The van der Waals surface area contributed by atoms with Crippen molar-refractivity contribution in [2.75, 3.05) is 13.1 Å². The first-order chi connectivity index (χ1) is 12.0.